The molecular formula is C39H65N3O29. The zero-order valence-electron chi connectivity index (χ0n) is 38.1. The molecule has 5 aliphatic heterocycles. The van der Waals surface area contributed by atoms with Crippen LogP contribution < -0.4 is 16.0 Å². The van der Waals surface area contributed by atoms with Crippen molar-refractivity contribution in [3.05, 3.63) is 0 Å². The number of carbonyl (C=O) groups is 4. The number of aliphatic hydroxyl groups is 15. The molecule has 410 valence electrons. The highest BCUT2D eigenvalue weighted by Crippen LogP contribution is 2.39. The van der Waals surface area contributed by atoms with Crippen molar-refractivity contribution >= 4 is 23.7 Å². The lowest BCUT2D eigenvalue weighted by atomic mass is 9.88. The van der Waals surface area contributed by atoms with Gasteiger partial charge in [-0.25, -0.2) is 4.79 Å². The maximum absolute atomic E-state index is 13.0. The van der Waals surface area contributed by atoms with Crippen molar-refractivity contribution in [2.24, 2.45) is 0 Å². The number of hydrogen-bond acceptors (Lipinski definition) is 28. The highest BCUT2D eigenvalue weighted by molar-refractivity contribution is 5.77. The lowest BCUT2D eigenvalue weighted by molar-refractivity contribution is -0.389. The molecule has 1 unspecified atom stereocenters. The summed E-state index contributed by atoms with van der Waals surface area (Å²) in [6.07, 6.45) is -45.1. The Hall–Kier alpha value is -3.08. The van der Waals surface area contributed by atoms with E-state index in [1.807, 2.05) is 0 Å². The van der Waals surface area contributed by atoms with Gasteiger partial charge in [0.15, 0.2) is 25.2 Å². The van der Waals surface area contributed by atoms with Crippen LogP contribution in [-0.4, -0.2) is 297 Å². The van der Waals surface area contributed by atoms with Crippen molar-refractivity contribution in [3.8, 4) is 0 Å². The molecule has 32 heteroatoms. The molecular weight excluding hydrogens is 974 g/mol. The maximum Gasteiger partial charge on any atom is 0.364 e. The number of aliphatic hydroxyl groups excluding tert-OH is 15. The van der Waals surface area contributed by atoms with Crippen LogP contribution in [0.15, 0.2) is 0 Å². The van der Waals surface area contributed by atoms with Crippen LogP contribution in [0.4, 0.5) is 0 Å². The average Bonchev–Trinajstić information content (AvgIpc) is 3.31. The Morgan fingerprint density at radius 2 is 0.986 bits per heavy atom. The van der Waals surface area contributed by atoms with Crippen LogP contribution in [0, 0.1) is 0 Å². The fraction of sp³-hybridized carbons (Fsp3) is 0.897. The van der Waals surface area contributed by atoms with Gasteiger partial charge in [-0.05, 0) is 0 Å². The van der Waals surface area contributed by atoms with E-state index in [0.29, 0.717) is 0 Å². The Kier molecular flexibility index (Phi) is 20.7. The maximum atomic E-state index is 13.0. The number of rotatable bonds is 19. The first-order valence-corrected chi connectivity index (χ1v) is 22.2. The van der Waals surface area contributed by atoms with Crippen LogP contribution in [0.5, 0.6) is 0 Å². The summed E-state index contributed by atoms with van der Waals surface area (Å²) >= 11 is 0. The quantitative estimate of drug-likeness (QED) is 0.0571. The molecule has 0 aromatic rings. The summed E-state index contributed by atoms with van der Waals surface area (Å²) in [5.41, 5.74) is 0. The summed E-state index contributed by atoms with van der Waals surface area (Å²) in [5, 5.41) is 179. The molecule has 5 heterocycles. The fourth-order valence-corrected chi connectivity index (χ4v) is 8.94. The van der Waals surface area contributed by atoms with E-state index in [1.165, 1.54) is 0 Å². The third-order valence-corrected chi connectivity index (χ3v) is 12.5. The molecule has 71 heavy (non-hydrogen) atoms. The molecule has 0 aromatic carbocycles. The number of amides is 3. The molecule has 0 saturated carbocycles. The molecule has 5 saturated heterocycles. The summed E-state index contributed by atoms with van der Waals surface area (Å²) < 4.78 is 51.0. The lowest BCUT2D eigenvalue weighted by Gasteiger charge is -2.51. The van der Waals surface area contributed by atoms with Crippen LogP contribution in [0.1, 0.15) is 27.2 Å². The largest absolute Gasteiger partial charge is 0.477 e. The molecule has 0 spiro atoms. The van der Waals surface area contributed by atoms with Gasteiger partial charge in [0.05, 0.1) is 45.2 Å². The monoisotopic (exact) mass is 1040 g/mol. The van der Waals surface area contributed by atoms with E-state index >= 15 is 0 Å². The van der Waals surface area contributed by atoms with E-state index in [1.54, 1.807) is 0 Å². The van der Waals surface area contributed by atoms with Gasteiger partial charge >= 0.3 is 5.97 Å². The van der Waals surface area contributed by atoms with Crippen molar-refractivity contribution in [2.45, 2.75) is 186 Å². The summed E-state index contributed by atoms with van der Waals surface area (Å²) in [4.78, 5) is 49.5. The Morgan fingerprint density at radius 3 is 1.49 bits per heavy atom. The van der Waals surface area contributed by atoms with Gasteiger partial charge in [-0.15, -0.1) is 0 Å². The molecule has 5 aliphatic rings. The van der Waals surface area contributed by atoms with Gasteiger partial charge in [-0.1, -0.05) is 0 Å². The lowest BCUT2D eigenvalue weighted by Crippen LogP contribution is -2.71. The number of ether oxygens (including phenoxy) is 9. The minimum absolute atomic E-state index is 0.745. The predicted octanol–water partition coefficient (Wildman–Crippen LogP) is -12.3. The number of hydrogen-bond donors (Lipinski definition) is 19. The van der Waals surface area contributed by atoms with Gasteiger partial charge in [0.2, 0.25) is 17.7 Å². The molecule has 32 nitrogen and oxygen atoms in total. The minimum Gasteiger partial charge on any atom is -0.477 e. The summed E-state index contributed by atoms with van der Waals surface area (Å²) in [6.45, 7) is -2.18. The van der Waals surface area contributed by atoms with Crippen molar-refractivity contribution in [2.75, 3.05) is 33.0 Å². The molecule has 5 fully saturated rings. The first kappa shape index (κ1) is 58.8. The van der Waals surface area contributed by atoms with Crippen molar-refractivity contribution in [1.82, 2.24) is 16.0 Å². The minimum atomic E-state index is -3.18. The predicted molar refractivity (Wildman–Crippen MR) is 219 cm³/mol. The van der Waals surface area contributed by atoms with Crippen LogP contribution in [-0.2, 0) is 61.8 Å². The van der Waals surface area contributed by atoms with Crippen LogP contribution >= 0.6 is 0 Å². The average molecular weight is 1040 g/mol. The number of nitrogens with one attached hydrogen (secondary N) is 3. The van der Waals surface area contributed by atoms with Gasteiger partial charge in [-0.2, -0.15) is 0 Å². The molecule has 0 aliphatic carbocycles. The fourth-order valence-electron chi connectivity index (χ4n) is 8.94. The topological polar surface area (TPSA) is 511 Å². The third-order valence-electron chi connectivity index (χ3n) is 12.5. The molecule has 26 atom stereocenters. The van der Waals surface area contributed by atoms with E-state index in [4.69, 9.17) is 42.6 Å². The van der Waals surface area contributed by atoms with Gasteiger partial charge in [0.1, 0.15) is 116 Å². The van der Waals surface area contributed by atoms with E-state index in [2.05, 4.69) is 16.0 Å². The highest BCUT2D eigenvalue weighted by atomic mass is 16.8. The molecule has 3 amide bonds. The van der Waals surface area contributed by atoms with E-state index in [0.717, 1.165) is 20.8 Å². The SMILES string of the molecule is CC(=O)N[C@H]1[C@H](O[C@H]2[C@@H](O)[C@@H](CO)O[C@@H](O[C@H]3[C@@H](O)[C@@H](CO)OC(O)[C@@H]3NC(C)=O)[C@@H]2O)O[C@H](CO)[C@@H](O[C@@H]2O[C@H](CO)[C@H](O)[C@H](O[C@]3(C(=O)O)C[C@H](O)[C@@H](NC(C)=O)[C@H]([C@H](O)[C@H](O)CO)O3)[C@H]2O)[C@@H]1O. The van der Waals surface area contributed by atoms with Gasteiger partial charge in [-0.3, -0.25) is 14.4 Å². The van der Waals surface area contributed by atoms with Crippen LogP contribution in [0.3, 0.4) is 0 Å². The zero-order chi connectivity index (χ0) is 53.0. The summed E-state index contributed by atoms with van der Waals surface area (Å²) in [6, 6.07) is -5.06. The Bertz CT molecular complexity index is 1780. The molecule has 19 N–H and O–H groups in total. The summed E-state index contributed by atoms with van der Waals surface area (Å²) in [5.74, 6) is -7.69. The molecule has 5 rings (SSSR count). The first-order chi connectivity index (χ1) is 33.4. The number of carbonyl (C=O) groups excluding carboxylic acids is 3. The standard InChI is InChI=1S/C39H65N3O29/c1-10(48)40-19-13(51)4-39(38(61)62,70-31(19)22(53)14(52)5-43)71-33-25(56)17(8-46)65-37(28(33)59)67-29-18(9-47)66-35(20(26(29)57)41-11(2)49)69-32-24(55)16(7-45)64-36(27(32)58)68-30-21(42-12(3)50)34(60)63-15(6-44)23(30)54/h13-37,43-47,51-60H,4-9H2,1-3H3,(H,40,48)(H,41,49)(H,42,50)(H,61,62)/t13-,14+,15+,16+,17+,18+,19+,20+,21+,22+,23-,24-,25-,26+,27+,28+,29+,30+,31+,32-,33-,34?,35-,36-,37-,39-/m0/s1. The Labute approximate surface area is 402 Å². The third kappa shape index (κ3) is 12.9. The van der Waals surface area contributed by atoms with E-state index < -0.39 is 222 Å². The normalized spacial score (nSPS) is 45.0. The van der Waals surface area contributed by atoms with Crippen LogP contribution in [0.2, 0.25) is 0 Å². The molecule has 0 radical (unpaired) electrons. The van der Waals surface area contributed by atoms with Gasteiger partial charge in [0, 0.05) is 27.2 Å². The second-order valence-corrected chi connectivity index (χ2v) is 17.6. The van der Waals surface area contributed by atoms with Gasteiger partial charge in [0.25, 0.3) is 5.79 Å². The van der Waals surface area contributed by atoms with Crippen molar-refractivity contribution < 1.29 is 144 Å². The Morgan fingerprint density at radius 1 is 0.549 bits per heavy atom. The van der Waals surface area contributed by atoms with E-state index in [-0.39, 0.29) is 0 Å². The smallest absolute Gasteiger partial charge is 0.364 e. The first-order valence-electron chi connectivity index (χ1n) is 22.2. The number of aliphatic carboxylic acids is 1. The zero-order valence-corrected chi connectivity index (χ0v) is 38.1. The van der Waals surface area contributed by atoms with Gasteiger partial charge < -0.3 is 140 Å². The Balaban J connectivity index is 1.41. The van der Waals surface area contributed by atoms with Crippen LogP contribution in [0.25, 0.3) is 0 Å². The number of carboxylic acids is 1. The number of carboxylic acid groups (broad SMARTS) is 1. The van der Waals surface area contributed by atoms with Crippen molar-refractivity contribution in [3.63, 3.8) is 0 Å². The highest BCUT2D eigenvalue weighted by Gasteiger charge is 2.61. The summed E-state index contributed by atoms with van der Waals surface area (Å²) in [7, 11) is 0. The van der Waals surface area contributed by atoms with E-state index in [9.17, 15) is 101 Å². The second kappa shape index (κ2) is 25.0. The second-order valence-electron chi connectivity index (χ2n) is 17.6. The van der Waals surface area contributed by atoms with Crippen molar-refractivity contribution in [1.29, 1.82) is 0 Å². The molecule has 0 aromatic heterocycles. The molecule has 0 bridgehead atoms.